The summed E-state index contributed by atoms with van der Waals surface area (Å²) in [5, 5.41) is 12.1. The average Bonchev–Trinajstić information content (AvgIpc) is 2.44. The largest absolute Gasteiger partial charge is 0.493 e. The first kappa shape index (κ1) is 16.1. The van der Waals surface area contributed by atoms with Gasteiger partial charge in [-0.15, -0.1) is 0 Å². The van der Waals surface area contributed by atoms with Gasteiger partial charge in [0.25, 0.3) is 0 Å². The van der Waals surface area contributed by atoms with Crippen molar-refractivity contribution in [1.29, 1.82) is 0 Å². The fourth-order valence-corrected chi connectivity index (χ4v) is 2.03. The van der Waals surface area contributed by atoms with Crippen LogP contribution in [-0.2, 0) is 4.79 Å². The van der Waals surface area contributed by atoms with Gasteiger partial charge in [0.2, 0.25) is 5.75 Å². The first-order valence-electron chi connectivity index (χ1n) is 6.32. The lowest BCUT2D eigenvalue weighted by atomic mass is 10.0. The molecule has 0 aliphatic carbocycles. The summed E-state index contributed by atoms with van der Waals surface area (Å²) in [5.41, 5.74) is 0.781. The fourth-order valence-electron chi connectivity index (χ4n) is 2.03. The predicted molar refractivity (Wildman–Crippen MR) is 74.8 cm³/mol. The van der Waals surface area contributed by atoms with Gasteiger partial charge in [-0.25, -0.2) is 0 Å². The van der Waals surface area contributed by atoms with Crippen LogP contribution in [0, 0.1) is 0 Å². The van der Waals surface area contributed by atoms with Crippen molar-refractivity contribution in [2.24, 2.45) is 0 Å². The van der Waals surface area contributed by atoms with Gasteiger partial charge in [0.15, 0.2) is 11.5 Å². The molecular formula is C14H21NO5. The number of aliphatic carboxylic acids is 1. The van der Waals surface area contributed by atoms with Crippen molar-refractivity contribution in [3.8, 4) is 17.2 Å². The predicted octanol–water partition coefficient (Wildman–Crippen LogP) is 1.84. The molecule has 0 bridgehead atoms. The monoisotopic (exact) mass is 283 g/mol. The van der Waals surface area contributed by atoms with Crippen LogP contribution in [0.15, 0.2) is 12.1 Å². The number of methoxy groups -OCH3 is 3. The van der Waals surface area contributed by atoms with Crippen LogP contribution in [0.2, 0.25) is 0 Å². The third-order valence-electron chi connectivity index (χ3n) is 2.92. The van der Waals surface area contributed by atoms with E-state index in [2.05, 4.69) is 5.32 Å². The molecule has 112 valence electrons. The number of carbonyl (C=O) groups is 1. The van der Waals surface area contributed by atoms with Crippen molar-refractivity contribution < 1.29 is 24.1 Å². The summed E-state index contributed by atoms with van der Waals surface area (Å²) < 4.78 is 15.8. The molecule has 0 aromatic heterocycles. The first-order chi connectivity index (χ1) is 9.57. The van der Waals surface area contributed by atoms with Crippen molar-refractivity contribution in [3.63, 3.8) is 0 Å². The Kier molecular flexibility index (Phi) is 6.11. The van der Waals surface area contributed by atoms with E-state index in [-0.39, 0.29) is 12.5 Å². The second kappa shape index (κ2) is 7.59. The van der Waals surface area contributed by atoms with Gasteiger partial charge in [-0.1, -0.05) is 6.92 Å². The molecular weight excluding hydrogens is 262 g/mol. The minimum atomic E-state index is -0.871. The zero-order valence-corrected chi connectivity index (χ0v) is 12.2. The highest BCUT2D eigenvalue weighted by Gasteiger charge is 2.20. The highest BCUT2D eigenvalue weighted by Crippen LogP contribution is 2.40. The highest BCUT2D eigenvalue weighted by atomic mass is 16.5. The van der Waals surface area contributed by atoms with Gasteiger partial charge in [-0.3, -0.25) is 4.79 Å². The molecule has 1 rings (SSSR count). The zero-order valence-electron chi connectivity index (χ0n) is 12.2. The molecule has 0 radical (unpaired) electrons. The van der Waals surface area contributed by atoms with E-state index >= 15 is 0 Å². The van der Waals surface area contributed by atoms with E-state index in [0.29, 0.717) is 23.8 Å². The molecule has 2 N–H and O–H groups in total. The summed E-state index contributed by atoms with van der Waals surface area (Å²) in [6.45, 7) is 2.58. The van der Waals surface area contributed by atoms with Crippen LogP contribution in [0.1, 0.15) is 24.9 Å². The van der Waals surface area contributed by atoms with E-state index in [1.165, 1.54) is 21.3 Å². The van der Waals surface area contributed by atoms with Crippen molar-refractivity contribution in [2.75, 3.05) is 27.9 Å². The standard InChI is InChI=1S/C14H21NO5/c1-5-15-10(8-13(16)17)9-6-11(18-2)14(20-4)12(7-9)19-3/h6-7,10,15H,5,8H2,1-4H3,(H,16,17). The first-order valence-corrected chi connectivity index (χ1v) is 6.32. The van der Waals surface area contributed by atoms with Gasteiger partial charge in [-0.05, 0) is 24.2 Å². The molecule has 0 saturated heterocycles. The van der Waals surface area contributed by atoms with Gasteiger partial charge >= 0.3 is 5.97 Å². The molecule has 1 aromatic rings. The highest BCUT2D eigenvalue weighted by molar-refractivity contribution is 5.68. The van der Waals surface area contributed by atoms with Crippen LogP contribution in [0.25, 0.3) is 0 Å². The molecule has 0 spiro atoms. The van der Waals surface area contributed by atoms with Gasteiger partial charge < -0.3 is 24.6 Å². The summed E-state index contributed by atoms with van der Waals surface area (Å²) in [5.74, 6) is 0.638. The maximum Gasteiger partial charge on any atom is 0.305 e. The van der Waals surface area contributed by atoms with Gasteiger partial charge in [0.1, 0.15) is 0 Å². The van der Waals surface area contributed by atoms with Crippen LogP contribution in [0.4, 0.5) is 0 Å². The lowest BCUT2D eigenvalue weighted by Crippen LogP contribution is -2.23. The third-order valence-corrected chi connectivity index (χ3v) is 2.92. The lowest BCUT2D eigenvalue weighted by molar-refractivity contribution is -0.137. The SMILES string of the molecule is CCNC(CC(=O)O)c1cc(OC)c(OC)c(OC)c1. The lowest BCUT2D eigenvalue weighted by Gasteiger charge is -2.20. The number of benzene rings is 1. The number of hydrogen-bond donors (Lipinski definition) is 2. The Morgan fingerprint density at radius 3 is 2.10 bits per heavy atom. The maximum atomic E-state index is 11.0. The number of carboxylic acids is 1. The van der Waals surface area contributed by atoms with Crippen molar-refractivity contribution in [3.05, 3.63) is 17.7 Å². The van der Waals surface area contributed by atoms with Gasteiger partial charge in [0.05, 0.1) is 27.8 Å². The topological polar surface area (TPSA) is 77.0 Å². The second-order valence-corrected chi connectivity index (χ2v) is 4.17. The van der Waals surface area contributed by atoms with Crippen LogP contribution in [-0.4, -0.2) is 38.9 Å². The summed E-state index contributed by atoms with van der Waals surface area (Å²) >= 11 is 0. The van der Waals surface area contributed by atoms with Crippen LogP contribution < -0.4 is 19.5 Å². The molecule has 0 aliphatic rings. The molecule has 0 fully saturated rings. The van der Waals surface area contributed by atoms with Crippen LogP contribution in [0.5, 0.6) is 17.2 Å². The van der Waals surface area contributed by atoms with Crippen LogP contribution >= 0.6 is 0 Å². The Balaban J connectivity index is 3.24. The van der Waals surface area contributed by atoms with E-state index < -0.39 is 5.97 Å². The summed E-state index contributed by atoms with van der Waals surface area (Å²) in [6, 6.07) is 3.21. The Labute approximate surface area is 118 Å². The molecule has 0 amide bonds. The summed E-state index contributed by atoms with van der Waals surface area (Å²) in [6.07, 6.45) is -0.0214. The number of nitrogens with one attached hydrogen (secondary N) is 1. The molecule has 6 nitrogen and oxygen atoms in total. The molecule has 0 saturated carbocycles. The smallest absolute Gasteiger partial charge is 0.305 e. The van der Waals surface area contributed by atoms with E-state index in [9.17, 15) is 4.79 Å². The molecule has 20 heavy (non-hydrogen) atoms. The van der Waals surface area contributed by atoms with Gasteiger partial charge in [0, 0.05) is 6.04 Å². The van der Waals surface area contributed by atoms with E-state index in [1.807, 2.05) is 6.92 Å². The van der Waals surface area contributed by atoms with Crippen molar-refractivity contribution in [2.45, 2.75) is 19.4 Å². The molecule has 1 atom stereocenters. The third kappa shape index (κ3) is 3.77. The Bertz CT molecular complexity index is 436. The molecule has 1 unspecified atom stereocenters. The minimum Gasteiger partial charge on any atom is -0.493 e. The fraction of sp³-hybridized carbons (Fsp3) is 0.500. The summed E-state index contributed by atoms with van der Waals surface area (Å²) in [4.78, 5) is 11.0. The molecule has 0 heterocycles. The Morgan fingerprint density at radius 2 is 1.75 bits per heavy atom. The summed E-state index contributed by atoms with van der Waals surface area (Å²) in [7, 11) is 4.58. The number of carboxylic acid groups (broad SMARTS) is 1. The number of hydrogen-bond acceptors (Lipinski definition) is 5. The molecule has 0 aliphatic heterocycles. The zero-order chi connectivity index (χ0) is 15.1. The van der Waals surface area contributed by atoms with E-state index in [4.69, 9.17) is 19.3 Å². The molecule has 1 aromatic carbocycles. The molecule has 6 heteroatoms. The quantitative estimate of drug-likeness (QED) is 0.758. The number of rotatable bonds is 8. The van der Waals surface area contributed by atoms with Gasteiger partial charge in [-0.2, -0.15) is 0 Å². The van der Waals surface area contributed by atoms with Crippen molar-refractivity contribution in [1.82, 2.24) is 5.32 Å². The average molecular weight is 283 g/mol. The Morgan fingerprint density at radius 1 is 1.20 bits per heavy atom. The Hall–Kier alpha value is -1.95. The van der Waals surface area contributed by atoms with Crippen molar-refractivity contribution >= 4 is 5.97 Å². The normalized spacial score (nSPS) is 11.8. The second-order valence-electron chi connectivity index (χ2n) is 4.17. The minimum absolute atomic E-state index is 0.0214. The van der Waals surface area contributed by atoms with E-state index in [0.717, 1.165) is 5.56 Å². The van der Waals surface area contributed by atoms with Crippen LogP contribution in [0.3, 0.4) is 0 Å². The maximum absolute atomic E-state index is 11.0. The van der Waals surface area contributed by atoms with E-state index in [1.54, 1.807) is 12.1 Å². The number of ether oxygens (including phenoxy) is 3.